The summed E-state index contributed by atoms with van der Waals surface area (Å²) in [6.07, 6.45) is 4.46. The highest BCUT2D eigenvalue weighted by atomic mass is 16.5. The second kappa shape index (κ2) is 5.34. The van der Waals surface area contributed by atoms with Crippen molar-refractivity contribution in [2.75, 3.05) is 12.3 Å². The molecule has 0 radical (unpaired) electrons. The first-order chi connectivity index (χ1) is 8.27. The molecule has 1 aromatic carbocycles. The summed E-state index contributed by atoms with van der Waals surface area (Å²) in [5.41, 5.74) is 8.81. The van der Waals surface area contributed by atoms with Gasteiger partial charge in [-0.2, -0.15) is 0 Å². The Kier molecular flexibility index (Phi) is 3.60. The number of anilines is 1. The van der Waals surface area contributed by atoms with Gasteiger partial charge in [-0.15, -0.1) is 0 Å². The van der Waals surface area contributed by atoms with Crippen molar-refractivity contribution in [2.45, 2.75) is 13.3 Å². The predicted octanol–water partition coefficient (Wildman–Crippen LogP) is 2.59. The van der Waals surface area contributed by atoms with Crippen LogP contribution in [0.1, 0.15) is 11.1 Å². The van der Waals surface area contributed by atoms with Crippen LogP contribution in [-0.2, 0) is 6.42 Å². The summed E-state index contributed by atoms with van der Waals surface area (Å²) in [4.78, 5) is 3.98. The Hall–Kier alpha value is -2.03. The van der Waals surface area contributed by atoms with E-state index in [0.29, 0.717) is 6.61 Å². The number of hydrogen-bond donors (Lipinski definition) is 1. The Bertz CT molecular complexity index is 483. The fraction of sp³-hybridized carbons (Fsp3) is 0.214. The number of hydrogen-bond acceptors (Lipinski definition) is 3. The summed E-state index contributed by atoms with van der Waals surface area (Å²) < 4.78 is 5.72. The van der Waals surface area contributed by atoms with Gasteiger partial charge in [0.05, 0.1) is 6.61 Å². The van der Waals surface area contributed by atoms with Crippen LogP contribution < -0.4 is 10.5 Å². The minimum Gasteiger partial charge on any atom is -0.493 e. The summed E-state index contributed by atoms with van der Waals surface area (Å²) in [7, 11) is 0. The molecule has 0 amide bonds. The highest BCUT2D eigenvalue weighted by molar-refractivity contribution is 5.53. The van der Waals surface area contributed by atoms with E-state index in [-0.39, 0.29) is 0 Å². The Labute approximate surface area is 101 Å². The summed E-state index contributed by atoms with van der Waals surface area (Å²) in [5, 5.41) is 0. The van der Waals surface area contributed by atoms with Crippen LogP contribution in [0.4, 0.5) is 5.69 Å². The normalized spacial score (nSPS) is 10.2. The zero-order valence-corrected chi connectivity index (χ0v) is 9.89. The maximum atomic E-state index is 5.82. The fourth-order valence-corrected chi connectivity index (χ4v) is 1.62. The van der Waals surface area contributed by atoms with Crippen LogP contribution in [0.5, 0.6) is 5.75 Å². The van der Waals surface area contributed by atoms with E-state index in [4.69, 9.17) is 10.5 Å². The van der Waals surface area contributed by atoms with Gasteiger partial charge in [0.15, 0.2) is 0 Å². The molecule has 17 heavy (non-hydrogen) atoms. The van der Waals surface area contributed by atoms with Crippen LogP contribution in [0.2, 0.25) is 0 Å². The molecule has 0 fully saturated rings. The fourth-order valence-electron chi connectivity index (χ4n) is 1.62. The molecule has 0 spiro atoms. The molecule has 3 heteroatoms. The van der Waals surface area contributed by atoms with Crippen molar-refractivity contribution in [3.63, 3.8) is 0 Å². The van der Waals surface area contributed by atoms with Crippen LogP contribution >= 0.6 is 0 Å². The number of nitrogens with zero attached hydrogens (tertiary/aromatic N) is 1. The van der Waals surface area contributed by atoms with Crippen molar-refractivity contribution in [1.29, 1.82) is 0 Å². The number of rotatable bonds is 4. The maximum absolute atomic E-state index is 5.82. The summed E-state index contributed by atoms with van der Waals surface area (Å²) in [6.45, 7) is 2.62. The van der Waals surface area contributed by atoms with Crippen molar-refractivity contribution in [1.82, 2.24) is 4.98 Å². The van der Waals surface area contributed by atoms with Gasteiger partial charge < -0.3 is 10.5 Å². The second-order valence-corrected chi connectivity index (χ2v) is 3.92. The zero-order chi connectivity index (χ0) is 12.1. The largest absolute Gasteiger partial charge is 0.493 e. The molecule has 1 heterocycles. The third-order valence-electron chi connectivity index (χ3n) is 2.72. The van der Waals surface area contributed by atoms with Crippen LogP contribution in [0, 0.1) is 6.92 Å². The van der Waals surface area contributed by atoms with Crippen molar-refractivity contribution in [3.05, 3.63) is 53.9 Å². The SMILES string of the molecule is Cc1c(N)cccc1OCCc1ccncc1. The van der Waals surface area contributed by atoms with E-state index in [1.165, 1.54) is 5.56 Å². The minimum absolute atomic E-state index is 0.647. The first-order valence-corrected chi connectivity index (χ1v) is 5.64. The Morgan fingerprint density at radius 3 is 2.71 bits per heavy atom. The molecule has 2 rings (SSSR count). The van der Waals surface area contributed by atoms with E-state index in [1.807, 2.05) is 37.3 Å². The minimum atomic E-state index is 0.647. The van der Waals surface area contributed by atoms with E-state index in [2.05, 4.69) is 4.98 Å². The van der Waals surface area contributed by atoms with Gasteiger partial charge in [-0.1, -0.05) is 6.07 Å². The topological polar surface area (TPSA) is 48.1 Å². The lowest BCUT2D eigenvalue weighted by Gasteiger charge is -2.10. The molecule has 0 unspecified atom stereocenters. The van der Waals surface area contributed by atoms with Crippen LogP contribution in [0.3, 0.4) is 0 Å². The standard InChI is InChI=1S/C14H16N2O/c1-11-13(15)3-2-4-14(11)17-10-7-12-5-8-16-9-6-12/h2-6,8-9H,7,10,15H2,1H3. The van der Waals surface area contributed by atoms with E-state index >= 15 is 0 Å². The molecule has 0 aliphatic carbocycles. The molecule has 0 saturated heterocycles. The molecule has 0 aliphatic rings. The summed E-state index contributed by atoms with van der Waals surface area (Å²) in [5.74, 6) is 0.860. The van der Waals surface area contributed by atoms with Gasteiger partial charge in [-0.05, 0) is 36.8 Å². The molecule has 2 aromatic rings. The molecule has 0 aliphatic heterocycles. The number of benzene rings is 1. The predicted molar refractivity (Wildman–Crippen MR) is 69.0 cm³/mol. The van der Waals surface area contributed by atoms with Crippen LogP contribution in [0.25, 0.3) is 0 Å². The first kappa shape index (κ1) is 11.5. The van der Waals surface area contributed by atoms with Gasteiger partial charge in [0.2, 0.25) is 0 Å². The molecule has 0 atom stereocenters. The van der Waals surface area contributed by atoms with Crippen molar-refractivity contribution in [2.24, 2.45) is 0 Å². The monoisotopic (exact) mass is 228 g/mol. The van der Waals surface area contributed by atoms with Crippen LogP contribution in [-0.4, -0.2) is 11.6 Å². The maximum Gasteiger partial charge on any atom is 0.124 e. The summed E-state index contributed by atoms with van der Waals surface area (Å²) in [6, 6.07) is 9.72. The van der Waals surface area contributed by atoms with Gasteiger partial charge in [-0.3, -0.25) is 4.98 Å². The second-order valence-electron chi connectivity index (χ2n) is 3.92. The summed E-state index contributed by atoms with van der Waals surface area (Å²) >= 11 is 0. The molecule has 0 saturated carbocycles. The molecule has 3 nitrogen and oxygen atoms in total. The third kappa shape index (κ3) is 2.97. The zero-order valence-electron chi connectivity index (χ0n) is 9.89. The Morgan fingerprint density at radius 2 is 1.94 bits per heavy atom. The molecular weight excluding hydrogens is 212 g/mol. The number of nitrogen functional groups attached to an aromatic ring is 1. The highest BCUT2D eigenvalue weighted by Gasteiger charge is 2.01. The number of ether oxygens (including phenoxy) is 1. The third-order valence-corrected chi connectivity index (χ3v) is 2.72. The van der Waals surface area contributed by atoms with Gasteiger partial charge in [-0.25, -0.2) is 0 Å². The van der Waals surface area contributed by atoms with Gasteiger partial charge >= 0.3 is 0 Å². The Balaban J connectivity index is 1.93. The molecule has 2 N–H and O–H groups in total. The number of pyridine rings is 1. The number of aromatic nitrogens is 1. The Morgan fingerprint density at radius 1 is 1.18 bits per heavy atom. The van der Waals surface area contributed by atoms with Crippen molar-refractivity contribution < 1.29 is 4.74 Å². The number of nitrogens with two attached hydrogens (primary N) is 1. The molecule has 88 valence electrons. The van der Waals surface area contributed by atoms with E-state index < -0.39 is 0 Å². The van der Waals surface area contributed by atoms with Gasteiger partial charge in [0, 0.05) is 30.1 Å². The first-order valence-electron chi connectivity index (χ1n) is 5.64. The van der Waals surface area contributed by atoms with E-state index in [9.17, 15) is 0 Å². The molecule has 1 aromatic heterocycles. The van der Waals surface area contributed by atoms with Crippen LogP contribution in [0.15, 0.2) is 42.7 Å². The lowest BCUT2D eigenvalue weighted by Crippen LogP contribution is -2.03. The lowest BCUT2D eigenvalue weighted by atomic mass is 10.2. The molecular formula is C14H16N2O. The van der Waals surface area contributed by atoms with Gasteiger partial charge in [0.1, 0.15) is 5.75 Å². The average molecular weight is 228 g/mol. The van der Waals surface area contributed by atoms with Gasteiger partial charge in [0.25, 0.3) is 0 Å². The van der Waals surface area contributed by atoms with E-state index in [1.54, 1.807) is 12.4 Å². The van der Waals surface area contributed by atoms with Crippen molar-refractivity contribution >= 4 is 5.69 Å². The average Bonchev–Trinajstić information content (AvgIpc) is 2.36. The highest BCUT2D eigenvalue weighted by Crippen LogP contribution is 2.22. The quantitative estimate of drug-likeness (QED) is 0.818. The molecule has 0 bridgehead atoms. The lowest BCUT2D eigenvalue weighted by molar-refractivity contribution is 0.320. The smallest absolute Gasteiger partial charge is 0.124 e. The van der Waals surface area contributed by atoms with Crippen molar-refractivity contribution in [3.8, 4) is 5.75 Å². The van der Waals surface area contributed by atoms with E-state index in [0.717, 1.165) is 23.4 Å².